The molecule has 2 fully saturated rings. The fourth-order valence-electron chi connectivity index (χ4n) is 3.31. The largest absolute Gasteiger partial charge is 0.472 e. The van der Waals surface area contributed by atoms with Gasteiger partial charge in [-0.05, 0) is 30.2 Å². The number of urea groups is 1. The van der Waals surface area contributed by atoms with Crippen molar-refractivity contribution in [1.29, 1.82) is 0 Å². The Hall–Kier alpha value is -2.63. The van der Waals surface area contributed by atoms with Crippen LogP contribution >= 0.6 is 0 Å². The molecule has 0 radical (unpaired) electrons. The molecule has 2 aliphatic rings. The number of nitrogens with zero attached hydrogens (tertiary/aromatic N) is 2. The highest BCUT2D eigenvalue weighted by atomic mass is 19.1. The van der Waals surface area contributed by atoms with Crippen LogP contribution in [0.15, 0.2) is 48.7 Å². The highest BCUT2D eigenvalue weighted by Crippen LogP contribution is 2.41. The first-order valence-corrected chi connectivity index (χ1v) is 8.57. The number of carbonyl (C=O) groups is 1. The van der Waals surface area contributed by atoms with Crippen molar-refractivity contribution in [2.75, 3.05) is 13.1 Å². The van der Waals surface area contributed by atoms with Crippen LogP contribution in [0, 0.1) is 5.82 Å². The van der Waals surface area contributed by atoms with Crippen molar-refractivity contribution in [1.82, 2.24) is 15.2 Å². The lowest BCUT2D eigenvalue weighted by atomic mass is 10.1. The molecule has 6 heteroatoms. The Labute approximate surface area is 145 Å². The van der Waals surface area contributed by atoms with Crippen molar-refractivity contribution in [3.63, 3.8) is 0 Å². The average Bonchev–Trinajstić information content (AvgIpc) is 3.22. The Morgan fingerprint density at radius 3 is 3.00 bits per heavy atom. The summed E-state index contributed by atoms with van der Waals surface area (Å²) < 4.78 is 19.1. The van der Waals surface area contributed by atoms with E-state index in [2.05, 4.69) is 10.3 Å². The van der Waals surface area contributed by atoms with Crippen molar-refractivity contribution >= 4 is 6.03 Å². The number of rotatable bonds is 4. The highest BCUT2D eigenvalue weighted by molar-refractivity contribution is 5.75. The molecule has 1 aliphatic heterocycles. The SMILES string of the molecule is O=C(NC1CC1c1cccc(F)c1)N1CCC(Oc2ccccn2)C1. The number of carbonyl (C=O) groups excluding carboxylic acids is 1. The first-order valence-electron chi connectivity index (χ1n) is 8.57. The molecule has 1 aromatic heterocycles. The zero-order chi connectivity index (χ0) is 17.2. The van der Waals surface area contributed by atoms with Gasteiger partial charge in [0.2, 0.25) is 5.88 Å². The lowest BCUT2D eigenvalue weighted by molar-refractivity contribution is 0.183. The summed E-state index contributed by atoms with van der Waals surface area (Å²) in [5.41, 5.74) is 0.947. The molecule has 1 N–H and O–H groups in total. The van der Waals surface area contributed by atoms with Gasteiger partial charge in [0.05, 0.1) is 6.54 Å². The molecule has 0 bridgehead atoms. The third kappa shape index (κ3) is 3.73. The van der Waals surface area contributed by atoms with Crippen LogP contribution in [0.2, 0.25) is 0 Å². The van der Waals surface area contributed by atoms with Crippen LogP contribution in [0.3, 0.4) is 0 Å². The molecule has 3 atom stereocenters. The standard InChI is InChI=1S/C19H20FN3O2/c20-14-5-3-4-13(10-14)16-11-17(16)22-19(24)23-9-7-15(12-23)25-18-6-1-2-8-21-18/h1-6,8,10,15-17H,7,9,11-12H2,(H,22,24). The van der Waals surface area contributed by atoms with Gasteiger partial charge in [-0.2, -0.15) is 0 Å². The topological polar surface area (TPSA) is 54.5 Å². The predicted molar refractivity (Wildman–Crippen MR) is 90.9 cm³/mol. The van der Waals surface area contributed by atoms with Gasteiger partial charge in [0.15, 0.2) is 0 Å². The number of hydrogen-bond donors (Lipinski definition) is 1. The number of halogens is 1. The fraction of sp³-hybridized carbons (Fsp3) is 0.368. The van der Waals surface area contributed by atoms with Crippen LogP contribution < -0.4 is 10.1 Å². The quantitative estimate of drug-likeness (QED) is 0.930. The first-order chi connectivity index (χ1) is 12.2. The van der Waals surface area contributed by atoms with Crippen molar-refractivity contribution in [3.8, 4) is 5.88 Å². The van der Waals surface area contributed by atoms with E-state index in [9.17, 15) is 9.18 Å². The second kappa shape index (κ2) is 6.70. The van der Waals surface area contributed by atoms with Crippen LogP contribution in [-0.2, 0) is 0 Å². The second-order valence-electron chi connectivity index (χ2n) is 6.60. The summed E-state index contributed by atoms with van der Waals surface area (Å²) in [6.07, 6.45) is 3.31. The van der Waals surface area contributed by atoms with Crippen LogP contribution in [0.4, 0.5) is 9.18 Å². The Bertz CT molecular complexity index is 755. The number of pyridine rings is 1. The molecule has 2 aromatic rings. The molecule has 1 aliphatic carbocycles. The van der Waals surface area contributed by atoms with E-state index >= 15 is 0 Å². The minimum absolute atomic E-state index is 0.0288. The molecule has 4 rings (SSSR count). The summed E-state index contributed by atoms with van der Waals surface area (Å²) in [5, 5.41) is 3.04. The molecule has 5 nitrogen and oxygen atoms in total. The van der Waals surface area contributed by atoms with Gasteiger partial charge < -0.3 is 15.0 Å². The van der Waals surface area contributed by atoms with E-state index in [4.69, 9.17) is 4.74 Å². The van der Waals surface area contributed by atoms with Crippen molar-refractivity contribution < 1.29 is 13.9 Å². The monoisotopic (exact) mass is 341 g/mol. The number of benzene rings is 1. The molecule has 1 saturated carbocycles. The summed E-state index contributed by atoms with van der Waals surface area (Å²) in [7, 11) is 0. The molecule has 1 saturated heterocycles. The number of hydrogen-bond acceptors (Lipinski definition) is 3. The lowest BCUT2D eigenvalue weighted by Gasteiger charge is -2.18. The van der Waals surface area contributed by atoms with Gasteiger partial charge >= 0.3 is 6.03 Å². The van der Waals surface area contributed by atoms with Crippen LogP contribution in [-0.4, -0.2) is 41.2 Å². The maximum atomic E-state index is 13.3. The maximum Gasteiger partial charge on any atom is 0.317 e. The molecule has 130 valence electrons. The molecule has 2 amide bonds. The Morgan fingerprint density at radius 2 is 2.20 bits per heavy atom. The maximum absolute atomic E-state index is 13.3. The minimum atomic E-state index is -0.233. The first kappa shape index (κ1) is 15.9. The smallest absolute Gasteiger partial charge is 0.317 e. The van der Waals surface area contributed by atoms with E-state index < -0.39 is 0 Å². The number of aromatic nitrogens is 1. The number of nitrogens with one attached hydrogen (secondary N) is 1. The predicted octanol–water partition coefficient (Wildman–Crippen LogP) is 2.94. The second-order valence-corrected chi connectivity index (χ2v) is 6.60. The average molecular weight is 341 g/mol. The molecular weight excluding hydrogens is 321 g/mol. The Morgan fingerprint density at radius 1 is 1.28 bits per heavy atom. The van der Waals surface area contributed by atoms with Crippen LogP contribution in [0.5, 0.6) is 5.88 Å². The normalized spacial score (nSPS) is 24.8. The van der Waals surface area contributed by atoms with E-state index in [1.807, 2.05) is 24.3 Å². The minimum Gasteiger partial charge on any atom is -0.472 e. The summed E-state index contributed by atoms with van der Waals surface area (Å²) >= 11 is 0. The molecule has 0 spiro atoms. The van der Waals surface area contributed by atoms with E-state index in [0.717, 1.165) is 18.4 Å². The van der Waals surface area contributed by atoms with Gasteiger partial charge in [0.25, 0.3) is 0 Å². The highest BCUT2D eigenvalue weighted by Gasteiger charge is 2.41. The number of likely N-dealkylation sites (tertiary alicyclic amines) is 1. The van der Waals surface area contributed by atoms with Crippen molar-refractivity contribution in [3.05, 3.63) is 60.0 Å². The molecule has 25 heavy (non-hydrogen) atoms. The van der Waals surface area contributed by atoms with Crippen LogP contribution in [0.1, 0.15) is 24.3 Å². The van der Waals surface area contributed by atoms with Gasteiger partial charge in [-0.15, -0.1) is 0 Å². The van der Waals surface area contributed by atoms with E-state index in [1.54, 1.807) is 23.2 Å². The van der Waals surface area contributed by atoms with Crippen molar-refractivity contribution in [2.45, 2.75) is 30.9 Å². The van der Waals surface area contributed by atoms with Gasteiger partial charge in [-0.3, -0.25) is 0 Å². The fourth-order valence-corrected chi connectivity index (χ4v) is 3.31. The molecule has 1 aromatic carbocycles. The van der Waals surface area contributed by atoms with E-state index in [-0.39, 0.29) is 29.9 Å². The molecule has 3 unspecified atom stereocenters. The summed E-state index contributed by atoms with van der Waals surface area (Å²) in [6, 6.07) is 12.1. The Kier molecular flexibility index (Phi) is 4.26. The lowest BCUT2D eigenvalue weighted by Crippen LogP contribution is -2.40. The van der Waals surface area contributed by atoms with Gasteiger partial charge in [-0.1, -0.05) is 18.2 Å². The van der Waals surface area contributed by atoms with Crippen molar-refractivity contribution in [2.24, 2.45) is 0 Å². The van der Waals surface area contributed by atoms with Gasteiger partial charge in [0.1, 0.15) is 11.9 Å². The van der Waals surface area contributed by atoms with E-state index in [0.29, 0.717) is 19.0 Å². The van der Waals surface area contributed by atoms with Gasteiger partial charge in [-0.25, -0.2) is 14.2 Å². The van der Waals surface area contributed by atoms with Gasteiger partial charge in [0, 0.05) is 37.2 Å². The zero-order valence-corrected chi connectivity index (χ0v) is 13.8. The number of ether oxygens (including phenoxy) is 1. The molecular formula is C19H20FN3O2. The Balaban J connectivity index is 1.27. The zero-order valence-electron chi connectivity index (χ0n) is 13.8. The summed E-state index contributed by atoms with van der Waals surface area (Å²) in [5.74, 6) is 0.564. The number of amides is 2. The van der Waals surface area contributed by atoms with Crippen LogP contribution in [0.25, 0.3) is 0 Å². The summed E-state index contributed by atoms with van der Waals surface area (Å²) in [4.78, 5) is 18.3. The summed E-state index contributed by atoms with van der Waals surface area (Å²) in [6.45, 7) is 1.22. The third-order valence-corrected chi connectivity index (χ3v) is 4.73. The van der Waals surface area contributed by atoms with E-state index in [1.165, 1.54) is 6.07 Å². The third-order valence-electron chi connectivity index (χ3n) is 4.73. The molecule has 2 heterocycles.